The van der Waals surface area contributed by atoms with Crippen LogP contribution in [0.25, 0.3) is 0 Å². The molecule has 2 aliphatic rings. The van der Waals surface area contributed by atoms with Gasteiger partial charge in [-0.2, -0.15) is 0 Å². The Morgan fingerprint density at radius 3 is 2.54 bits per heavy atom. The van der Waals surface area contributed by atoms with Crippen molar-refractivity contribution in [2.75, 3.05) is 13.2 Å². The van der Waals surface area contributed by atoms with Crippen molar-refractivity contribution < 1.29 is 23.9 Å². The number of nitrogens with one attached hydrogen (secondary N) is 2. The number of ether oxygens (including phenoxy) is 1. The zero-order chi connectivity index (χ0) is 20.5. The quantitative estimate of drug-likeness (QED) is 0.541. The van der Waals surface area contributed by atoms with Crippen LogP contribution in [-0.2, 0) is 24.7 Å². The lowest BCUT2D eigenvalue weighted by atomic mass is 9.91. The van der Waals surface area contributed by atoms with Crippen molar-refractivity contribution in [1.82, 2.24) is 15.5 Å². The predicted octanol–water partition coefficient (Wildman–Crippen LogP) is 1.22. The molecule has 1 heterocycles. The minimum atomic E-state index is -1.25. The van der Waals surface area contributed by atoms with Crippen LogP contribution in [0, 0.1) is 12.8 Å². The first-order valence-corrected chi connectivity index (χ1v) is 9.37. The monoisotopic (exact) mass is 387 g/mol. The van der Waals surface area contributed by atoms with Gasteiger partial charge in [-0.25, -0.2) is 4.79 Å². The third-order valence-electron chi connectivity index (χ3n) is 5.27. The molecule has 28 heavy (non-hydrogen) atoms. The molecule has 1 saturated heterocycles. The number of urea groups is 1. The summed E-state index contributed by atoms with van der Waals surface area (Å²) < 4.78 is 4.93. The van der Waals surface area contributed by atoms with Crippen LogP contribution in [-0.4, -0.2) is 47.9 Å². The molecule has 0 aromatic heterocycles. The standard InChI is InChI=1S/C20H25N3O5/c1-12-4-8-15(9-5-12)20(3)18(26)23(19(27)22-20)10-17(25)28-11-16(24)21-13(2)14-6-7-14/h4-5,8-9,13-14H,6-7,10-11H2,1-3H3,(H,21,24)(H,22,27)/t13-,20-/m0/s1. The minimum Gasteiger partial charge on any atom is -0.454 e. The molecule has 4 amide bonds. The summed E-state index contributed by atoms with van der Waals surface area (Å²) >= 11 is 0. The second-order valence-electron chi connectivity index (χ2n) is 7.67. The van der Waals surface area contributed by atoms with Gasteiger partial charge in [-0.3, -0.25) is 19.3 Å². The highest BCUT2D eigenvalue weighted by Gasteiger charge is 2.49. The largest absolute Gasteiger partial charge is 0.454 e. The van der Waals surface area contributed by atoms with Gasteiger partial charge in [0.2, 0.25) is 0 Å². The first-order chi connectivity index (χ1) is 13.2. The molecule has 1 aliphatic carbocycles. The number of carbonyl (C=O) groups excluding carboxylic acids is 4. The lowest BCUT2D eigenvalue weighted by molar-refractivity contribution is -0.151. The maximum atomic E-state index is 12.8. The summed E-state index contributed by atoms with van der Waals surface area (Å²) in [5.41, 5.74) is 0.405. The van der Waals surface area contributed by atoms with E-state index in [0.29, 0.717) is 11.5 Å². The highest BCUT2D eigenvalue weighted by atomic mass is 16.5. The number of carbonyl (C=O) groups is 4. The van der Waals surface area contributed by atoms with Crippen LogP contribution in [0.3, 0.4) is 0 Å². The maximum Gasteiger partial charge on any atom is 0.326 e. The van der Waals surface area contributed by atoms with Crippen LogP contribution < -0.4 is 10.6 Å². The van der Waals surface area contributed by atoms with Crippen LogP contribution in [0.15, 0.2) is 24.3 Å². The van der Waals surface area contributed by atoms with Gasteiger partial charge in [0.1, 0.15) is 12.1 Å². The summed E-state index contributed by atoms with van der Waals surface area (Å²) in [6.45, 7) is 4.45. The Hall–Kier alpha value is -2.90. The second-order valence-corrected chi connectivity index (χ2v) is 7.67. The molecule has 1 aliphatic heterocycles. The van der Waals surface area contributed by atoms with E-state index >= 15 is 0 Å². The molecule has 2 atom stereocenters. The SMILES string of the molecule is Cc1ccc([C@]2(C)NC(=O)N(CC(=O)OCC(=O)N[C@@H](C)C3CC3)C2=O)cc1. The number of benzene rings is 1. The van der Waals surface area contributed by atoms with Crippen LogP contribution in [0.1, 0.15) is 37.8 Å². The summed E-state index contributed by atoms with van der Waals surface area (Å²) in [6, 6.07) is 6.60. The van der Waals surface area contributed by atoms with Gasteiger partial charge in [-0.15, -0.1) is 0 Å². The smallest absolute Gasteiger partial charge is 0.326 e. The highest BCUT2D eigenvalue weighted by molar-refractivity contribution is 6.08. The number of imide groups is 1. The zero-order valence-electron chi connectivity index (χ0n) is 16.3. The van der Waals surface area contributed by atoms with Crippen molar-refractivity contribution >= 4 is 23.8 Å². The van der Waals surface area contributed by atoms with Gasteiger partial charge in [0.15, 0.2) is 6.61 Å². The molecule has 150 valence electrons. The number of rotatable bonds is 7. The van der Waals surface area contributed by atoms with Gasteiger partial charge >= 0.3 is 12.0 Å². The molecule has 2 N–H and O–H groups in total. The summed E-state index contributed by atoms with van der Waals surface area (Å²) in [7, 11) is 0. The number of amides is 4. The molecule has 2 fully saturated rings. The fourth-order valence-electron chi connectivity index (χ4n) is 3.25. The molecule has 1 saturated carbocycles. The normalized spacial score (nSPS) is 22.6. The topological polar surface area (TPSA) is 105 Å². The third kappa shape index (κ3) is 4.16. The average molecular weight is 387 g/mol. The molecule has 0 spiro atoms. The van der Waals surface area contributed by atoms with Crippen molar-refractivity contribution in [2.24, 2.45) is 5.92 Å². The minimum absolute atomic E-state index is 0.0485. The predicted molar refractivity (Wildman–Crippen MR) is 100 cm³/mol. The molecule has 0 radical (unpaired) electrons. The lowest BCUT2D eigenvalue weighted by Crippen LogP contribution is -2.42. The van der Waals surface area contributed by atoms with Crippen molar-refractivity contribution in [3.05, 3.63) is 35.4 Å². The Morgan fingerprint density at radius 1 is 1.29 bits per heavy atom. The molecule has 8 heteroatoms. The Labute approximate surface area is 163 Å². The Balaban J connectivity index is 1.55. The molecule has 1 aromatic carbocycles. The van der Waals surface area contributed by atoms with E-state index in [4.69, 9.17) is 4.74 Å². The Morgan fingerprint density at radius 2 is 1.93 bits per heavy atom. The van der Waals surface area contributed by atoms with Crippen LogP contribution >= 0.6 is 0 Å². The summed E-state index contributed by atoms with van der Waals surface area (Å²) in [5, 5.41) is 5.40. The molecule has 3 rings (SSSR count). The highest BCUT2D eigenvalue weighted by Crippen LogP contribution is 2.32. The van der Waals surface area contributed by atoms with E-state index in [1.54, 1.807) is 19.1 Å². The van der Waals surface area contributed by atoms with Crippen molar-refractivity contribution in [1.29, 1.82) is 0 Å². The number of hydrogen-bond acceptors (Lipinski definition) is 5. The fraction of sp³-hybridized carbons (Fsp3) is 0.500. The van der Waals surface area contributed by atoms with Gasteiger partial charge in [0, 0.05) is 6.04 Å². The molecule has 8 nitrogen and oxygen atoms in total. The van der Waals surface area contributed by atoms with Crippen molar-refractivity contribution in [3.8, 4) is 0 Å². The fourth-order valence-corrected chi connectivity index (χ4v) is 3.25. The second kappa shape index (κ2) is 7.61. The molecule has 0 unspecified atom stereocenters. The number of aryl methyl sites for hydroxylation is 1. The van der Waals surface area contributed by atoms with E-state index < -0.39 is 42.5 Å². The summed E-state index contributed by atoms with van der Waals surface area (Å²) in [5.74, 6) is -1.25. The van der Waals surface area contributed by atoms with Crippen LogP contribution in [0.5, 0.6) is 0 Å². The van der Waals surface area contributed by atoms with Crippen molar-refractivity contribution in [2.45, 2.75) is 45.2 Å². The van der Waals surface area contributed by atoms with Crippen LogP contribution in [0.4, 0.5) is 4.79 Å². The van der Waals surface area contributed by atoms with Gasteiger partial charge in [-0.1, -0.05) is 29.8 Å². The van der Waals surface area contributed by atoms with Gasteiger partial charge in [0.25, 0.3) is 11.8 Å². The van der Waals surface area contributed by atoms with Crippen molar-refractivity contribution in [3.63, 3.8) is 0 Å². The molecular weight excluding hydrogens is 362 g/mol. The zero-order valence-corrected chi connectivity index (χ0v) is 16.3. The molecule has 1 aromatic rings. The summed E-state index contributed by atoms with van der Waals surface area (Å²) in [6.07, 6.45) is 2.18. The third-order valence-corrected chi connectivity index (χ3v) is 5.27. The van der Waals surface area contributed by atoms with E-state index in [9.17, 15) is 19.2 Å². The Kier molecular flexibility index (Phi) is 5.40. The maximum absolute atomic E-state index is 12.8. The molecular formula is C20H25N3O5. The van der Waals surface area contributed by atoms with Gasteiger partial charge in [-0.05, 0) is 45.1 Å². The number of nitrogens with zero attached hydrogens (tertiary/aromatic N) is 1. The van der Waals surface area contributed by atoms with Gasteiger partial charge in [0.05, 0.1) is 0 Å². The van der Waals surface area contributed by atoms with E-state index in [0.717, 1.165) is 23.3 Å². The average Bonchev–Trinajstić information content (AvgIpc) is 3.46. The molecule has 0 bridgehead atoms. The van der Waals surface area contributed by atoms with Gasteiger partial charge < -0.3 is 15.4 Å². The van der Waals surface area contributed by atoms with E-state index in [1.165, 1.54) is 0 Å². The van der Waals surface area contributed by atoms with E-state index in [1.807, 2.05) is 26.0 Å². The first-order valence-electron chi connectivity index (χ1n) is 9.37. The number of esters is 1. The van der Waals surface area contributed by atoms with Crippen LogP contribution in [0.2, 0.25) is 0 Å². The lowest BCUT2D eigenvalue weighted by Gasteiger charge is -2.22. The number of hydrogen-bond donors (Lipinski definition) is 2. The Bertz CT molecular complexity index is 803. The van der Waals surface area contributed by atoms with E-state index in [-0.39, 0.29) is 6.04 Å². The summed E-state index contributed by atoms with van der Waals surface area (Å²) in [4.78, 5) is 49.7. The van der Waals surface area contributed by atoms with E-state index in [2.05, 4.69) is 10.6 Å². The first kappa shape index (κ1) is 19.9.